The van der Waals surface area contributed by atoms with Gasteiger partial charge in [-0.1, -0.05) is 25.7 Å². The summed E-state index contributed by atoms with van der Waals surface area (Å²) in [6.45, 7) is 2.05. The summed E-state index contributed by atoms with van der Waals surface area (Å²) >= 11 is 0. The number of nitrogens with one attached hydrogen (secondary N) is 3. The van der Waals surface area contributed by atoms with E-state index in [2.05, 4.69) is 30.9 Å². The van der Waals surface area contributed by atoms with Gasteiger partial charge in [0, 0.05) is 32.9 Å². The Labute approximate surface area is 163 Å². The highest BCUT2D eigenvalue weighted by molar-refractivity contribution is 5.79. The van der Waals surface area contributed by atoms with E-state index in [-0.39, 0.29) is 5.95 Å². The number of anilines is 1. The van der Waals surface area contributed by atoms with Crippen LogP contribution in [0.5, 0.6) is 0 Å². The molecular weight excluding hydrogens is 373 g/mol. The fraction of sp³-hybridized carbons (Fsp3) is 0.722. The van der Waals surface area contributed by atoms with Gasteiger partial charge in [-0.3, -0.25) is 4.99 Å². The Kier molecular flexibility index (Phi) is 9.26. The number of aliphatic imine (C=N–C) groups is 1. The molecule has 7 nitrogen and oxygen atoms in total. The third kappa shape index (κ3) is 8.28. The van der Waals surface area contributed by atoms with Crippen LogP contribution in [0.15, 0.2) is 17.3 Å². The van der Waals surface area contributed by atoms with Crippen LogP contribution in [0.3, 0.4) is 0 Å². The number of hydrogen-bond donors (Lipinski definition) is 3. The van der Waals surface area contributed by atoms with Gasteiger partial charge in [-0.25, -0.2) is 9.97 Å². The van der Waals surface area contributed by atoms with Crippen molar-refractivity contribution in [2.24, 2.45) is 4.99 Å². The Morgan fingerprint density at radius 1 is 1.14 bits per heavy atom. The molecule has 10 heteroatoms. The van der Waals surface area contributed by atoms with Gasteiger partial charge >= 0.3 is 6.18 Å². The molecule has 0 saturated heterocycles. The number of guanidine groups is 1. The second kappa shape index (κ2) is 11.7. The van der Waals surface area contributed by atoms with Crippen LogP contribution in [-0.2, 0) is 10.9 Å². The molecule has 0 aliphatic heterocycles. The summed E-state index contributed by atoms with van der Waals surface area (Å²) in [5, 5.41) is 9.00. The van der Waals surface area contributed by atoms with Crippen LogP contribution in [0, 0.1) is 0 Å². The lowest BCUT2D eigenvalue weighted by atomic mass is 10.1. The Balaban J connectivity index is 1.60. The van der Waals surface area contributed by atoms with Crippen LogP contribution in [0.1, 0.15) is 44.2 Å². The quantitative estimate of drug-likeness (QED) is 0.268. The van der Waals surface area contributed by atoms with Gasteiger partial charge in [-0.2, -0.15) is 13.2 Å². The summed E-state index contributed by atoms with van der Waals surface area (Å²) in [5.41, 5.74) is -0.968. The number of ether oxygens (including phenoxy) is 1. The standard InChI is InChI=1S/C18H29F3N6O/c1-22-16(26-12-13-28-14-6-4-2-3-5-7-14)24-10-11-25-17-23-9-8-15(27-17)18(19,20)21/h8-9,14H,2-7,10-13H2,1H3,(H2,22,24,26)(H,23,25,27). The molecule has 0 atom stereocenters. The summed E-state index contributed by atoms with van der Waals surface area (Å²) in [4.78, 5) is 11.4. The van der Waals surface area contributed by atoms with Gasteiger partial charge in [0.15, 0.2) is 5.96 Å². The largest absolute Gasteiger partial charge is 0.433 e. The molecule has 1 aromatic heterocycles. The van der Waals surface area contributed by atoms with Crippen LogP contribution in [-0.4, -0.2) is 55.3 Å². The highest BCUT2D eigenvalue weighted by Gasteiger charge is 2.32. The van der Waals surface area contributed by atoms with E-state index < -0.39 is 11.9 Å². The van der Waals surface area contributed by atoms with E-state index in [1.54, 1.807) is 7.05 Å². The van der Waals surface area contributed by atoms with Gasteiger partial charge in [0.2, 0.25) is 5.95 Å². The van der Waals surface area contributed by atoms with Gasteiger partial charge in [-0.15, -0.1) is 0 Å². The molecule has 1 aliphatic rings. The van der Waals surface area contributed by atoms with Crippen molar-refractivity contribution in [1.82, 2.24) is 20.6 Å². The molecular formula is C18H29F3N6O. The van der Waals surface area contributed by atoms with Crippen LogP contribution in [0.2, 0.25) is 0 Å². The van der Waals surface area contributed by atoms with Crippen LogP contribution >= 0.6 is 0 Å². The van der Waals surface area contributed by atoms with Gasteiger partial charge in [-0.05, 0) is 18.9 Å². The predicted octanol–water partition coefficient (Wildman–Crippen LogP) is 2.81. The molecule has 0 unspecified atom stereocenters. The maximum absolute atomic E-state index is 12.6. The van der Waals surface area contributed by atoms with Crippen LogP contribution in [0.4, 0.5) is 19.1 Å². The van der Waals surface area contributed by atoms with E-state index in [0.29, 0.717) is 38.3 Å². The number of rotatable bonds is 8. The Hall–Kier alpha value is -2.10. The summed E-state index contributed by atoms with van der Waals surface area (Å²) in [6, 6.07) is 0.840. The fourth-order valence-corrected chi connectivity index (χ4v) is 2.98. The van der Waals surface area contributed by atoms with Crippen LogP contribution < -0.4 is 16.0 Å². The Bertz CT molecular complexity index is 603. The molecule has 1 heterocycles. The third-order valence-corrected chi connectivity index (χ3v) is 4.42. The highest BCUT2D eigenvalue weighted by Crippen LogP contribution is 2.27. The third-order valence-electron chi connectivity index (χ3n) is 4.42. The molecule has 1 fully saturated rings. The molecule has 158 valence electrons. The van der Waals surface area contributed by atoms with Crippen molar-refractivity contribution < 1.29 is 17.9 Å². The summed E-state index contributed by atoms with van der Waals surface area (Å²) in [7, 11) is 1.66. The first kappa shape index (κ1) is 22.2. The average molecular weight is 402 g/mol. The number of halogens is 3. The van der Waals surface area contributed by atoms with Crippen molar-refractivity contribution in [3.63, 3.8) is 0 Å². The Morgan fingerprint density at radius 3 is 2.54 bits per heavy atom. The predicted molar refractivity (Wildman–Crippen MR) is 102 cm³/mol. The number of hydrogen-bond acceptors (Lipinski definition) is 5. The maximum atomic E-state index is 12.6. The second-order valence-electron chi connectivity index (χ2n) is 6.60. The Morgan fingerprint density at radius 2 is 1.86 bits per heavy atom. The molecule has 0 aromatic carbocycles. The van der Waals surface area contributed by atoms with Gasteiger partial charge in [0.25, 0.3) is 0 Å². The smallest absolute Gasteiger partial charge is 0.376 e. The van der Waals surface area contributed by atoms with E-state index in [9.17, 15) is 13.2 Å². The zero-order chi connectivity index (χ0) is 20.2. The first-order valence-corrected chi connectivity index (χ1v) is 9.69. The van der Waals surface area contributed by atoms with Crippen molar-refractivity contribution in [3.8, 4) is 0 Å². The minimum absolute atomic E-state index is 0.0589. The zero-order valence-electron chi connectivity index (χ0n) is 16.2. The highest BCUT2D eigenvalue weighted by atomic mass is 19.4. The lowest BCUT2D eigenvalue weighted by molar-refractivity contribution is -0.141. The molecule has 0 spiro atoms. The average Bonchev–Trinajstić information content (AvgIpc) is 2.95. The maximum Gasteiger partial charge on any atom is 0.433 e. The summed E-state index contributed by atoms with van der Waals surface area (Å²) in [6.07, 6.45) is 4.31. The molecule has 0 bridgehead atoms. The van der Waals surface area contributed by atoms with E-state index in [1.165, 1.54) is 25.7 Å². The minimum Gasteiger partial charge on any atom is -0.376 e. The summed E-state index contributed by atoms with van der Waals surface area (Å²) in [5.74, 6) is 0.549. The molecule has 3 N–H and O–H groups in total. The molecule has 0 radical (unpaired) electrons. The first-order chi connectivity index (χ1) is 13.5. The second-order valence-corrected chi connectivity index (χ2v) is 6.60. The van der Waals surface area contributed by atoms with Crippen molar-refractivity contribution in [1.29, 1.82) is 0 Å². The van der Waals surface area contributed by atoms with Crippen molar-refractivity contribution in [3.05, 3.63) is 18.0 Å². The lowest BCUT2D eigenvalue weighted by Gasteiger charge is -2.17. The number of nitrogens with zero attached hydrogens (tertiary/aromatic N) is 3. The van der Waals surface area contributed by atoms with E-state index in [0.717, 1.165) is 25.1 Å². The molecule has 28 heavy (non-hydrogen) atoms. The molecule has 1 aliphatic carbocycles. The molecule has 1 saturated carbocycles. The lowest BCUT2D eigenvalue weighted by Crippen LogP contribution is -2.41. The van der Waals surface area contributed by atoms with E-state index in [4.69, 9.17) is 4.74 Å². The summed E-state index contributed by atoms with van der Waals surface area (Å²) < 4.78 is 43.8. The number of alkyl halides is 3. The molecule has 0 amide bonds. The monoisotopic (exact) mass is 402 g/mol. The molecule has 1 aromatic rings. The van der Waals surface area contributed by atoms with Crippen molar-refractivity contribution in [2.75, 3.05) is 38.6 Å². The zero-order valence-corrected chi connectivity index (χ0v) is 16.2. The van der Waals surface area contributed by atoms with E-state index in [1.807, 2.05) is 0 Å². The van der Waals surface area contributed by atoms with Crippen molar-refractivity contribution in [2.45, 2.75) is 50.8 Å². The van der Waals surface area contributed by atoms with Gasteiger partial charge in [0.05, 0.1) is 12.7 Å². The van der Waals surface area contributed by atoms with Crippen LogP contribution in [0.25, 0.3) is 0 Å². The van der Waals surface area contributed by atoms with Crippen molar-refractivity contribution >= 4 is 11.9 Å². The fourth-order valence-electron chi connectivity index (χ4n) is 2.98. The minimum atomic E-state index is -4.48. The first-order valence-electron chi connectivity index (χ1n) is 9.69. The molecule has 2 rings (SSSR count). The number of aromatic nitrogens is 2. The SMILES string of the molecule is CN=C(NCCNc1nccc(C(F)(F)F)n1)NCCOC1CCCCCC1. The van der Waals surface area contributed by atoms with Gasteiger partial charge < -0.3 is 20.7 Å². The van der Waals surface area contributed by atoms with E-state index >= 15 is 0 Å². The topological polar surface area (TPSA) is 83.5 Å². The van der Waals surface area contributed by atoms with Gasteiger partial charge in [0.1, 0.15) is 5.69 Å². The normalized spacial score (nSPS) is 16.5.